The van der Waals surface area contributed by atoms with Crippen LogP contribution in [0.2, 0.25) is 5.02 Å². The molecule has 0 bridgehead atoms. The molecule has 0 spiro atoms. The molecule has 1 aromatic carbocycles. The van der Waals surface area contributed by atoms with E-state index >= 15 is 0 Å². The summed E-state index contributed by atoms with van der Waals surface area (Å²) in [6, 6.07) is 7.51. The Balaban J connectivity index is 1.96. The summed E-state index contributed by atoms with van der Waals surface area (Å²) < 4.78 is 5.88. The number of furan rings is 1. The molecule has 1 aliphatic carbocycles. The first kappa shape index (κ1) is 14.0. The Morgan fingerprint density at radius 1 is 1.10 bits per heavy atom. The fourth-order valence-electron chi connectivity index (χ4n) is 3.14. The lowest BCUT2D eigenvalue weighted by atomic mass is 9.84. The predicted octanol–water partition coefficient (Wildman–Crippen LogP) is 5.26. The van der Waals surface area contributed by atoms with Gasteiger partial charge in [-0.2, -0.15) is 0 Å². The van der Waals surface area contributed by atoms with Crippen molar-refractivity contribution in [2.75, 3.05) is 0 Å². The summed E-state index contributed by atoms with van der Waals surface area (Å²) in [4.78, 5) is 0. The lowest BCUT2D eigenvalue weighted by molar-refractivity contribution is -0.00122. The fourth-order valence-corrected chi connectivity index (χ4v) is 3.33. The van der Waals surface area contributed by atoms with Crippen LogP contribution in [0.5, 0.6) is 0 Å². The Morgan fingerprint density at radius 3 is 2.70 bits per heavy atom. The highest BCUT2D eigenvalue weighted by molar-refractivity contribution is 6.31. The molecule has 0 saturated heterocycles. The van der Waals surface area contributed by atoms with Gasteiger partial charge in [-0.15, -0.1) is 0 Å². The summed E-state index contributed by atoms with van der Waals surface area (Å²) in [5, 5.41) is 12.7. The second kappa shape index (κ2) is 4.78. The van der Waals surface area contributed by atoms with Crippen LogP contribution in [-0.4, -0.2) is 5.11 Å². The van der Waals surface area contributed by atoms with Crippen LogP contribution in [0.15, 0.2) is 28.7 Å². The highest BCUT2D eigenvalue weighted by Gasteiger charge is 2.37. The van der Waals surface area contributed by atoms with Gasteiger partial charge in [-0.1, -0.05) is 25.4 Å². The molecule has 0 amide bonds. The fraction of sp³-hybridized carbons (Fsp3) is 0.529. The molecule has 1 aliphatic rings. The number of aliphatic hydroxyl groups is 1. The van der Waals surface area contributed by atoms with Crippen molar-refractivity contribution in [2.24, 2.45) is 5.41 Å². The van der Waals surface area contributed by atoms with Crippen molar-refractivity contribution in [3.63, 3.8) is 0 Å². The standard InChI is InChI=1S/C17H21ClO2/c1-16(2)6-3-7-17(19,9-8-16)15-11-12-10-13(18)4-5-14(12)20-15/h4-5,10-11,19H,3,6-9H2,1-2H3. The molecule has 1 fully saturated rings. The van der Waals surface area contributed by atoms with Crippen molar-refractivity contribution < 1.29 is 9.52 Å². The normalized spacial score (nSPS) is 26.6. The average molecular weight is 293 g/mol. The van der Waals surface area contributed by atoms with Gasteiger partial charge in [0.25, 0.3) is 0 Å². The van der Waals surface area contributed by atoms with E-state index in [0.29, 0.717) is 16.2 Å². The van der Waals surface area contributed by atoms with Crippen LogP contribution in [0.1, 0.15) is 51.7 Å². The highest BCUT2D eigenvalue weighted by atomic mass is 35.5. The van der Waals surface area contributed by atoms with E-state index in [9.17, 15) is 5.11 Å². The molecule has 1 saturated carbocycles. The smallest absolute Gasteiger partial charge is 0.136 e. The van der Waals surface area contributed by atoms with Gasteiger partial charge in [-0.25, -0.2) is 0 Å². The van der Waals surface area contributed by atoms with Crippen molar-refractivity contribution >= 4 is 22.6 Å². The number of rotatable bonds is 1. The van der Waals surface area contributed by atoms with Gasteiger partial charge < -0.3 is 9.52 Å². The number of halogens is 1. The number of fused-ring (bicyclic) bond motifs is 1. The van der Waals surface area contributed by atoms with Crippen molar-refractivity contribution in [1.82, 2.24) is 0 Å². The van der Waals surface area contributed by atoms with Crippen molar-refractivity contribution in [2.45, 2.75) is 51.6 Å². The topological polar surface area (TPSA) is 33.4 Å². The molecular weight excluding hydrogens is 272 g/mol. The Labute approximate surface area is 124 Å². The maximum absolute atomic E-state index is 11.0. The van der Waals surface area contributed by atoms with Crippen LogP contribution in [-0.2, 0) is 5.60 Å². The summed E-state index contributed by atoms with van der Waals surface area (Å²) in [6.07, 6.45) is 4.72. The molecular formula is C17H21ClO2. The Morgan fingerprint density at radius 2 is 1.90 bits per heavy atom. The lowest BCUT2D eigenvalue weighted by Crippen LogP contribution is -2.24. The second-order valence-corrected chi connectivity index (χ2v) is 7.28. The van der Waals surface area contributed by atoms with Crippen LogP contribution in [0, 0.1) is 5.41 Å². The molecule has 2 aromatic rings. The van der Waals surface area contributed by atoms with Gasteiger partial charge in [0.05, 0.1) is 0 Å². The minimum atomic E-state index is -0.834. The molecule has 1 aromatic heterocycles. The van der Waals surface area contributed by atoms with E-state index in [1.165, 1.54) is 0 Å². The van der Waals surface area contributed by atoms with E-state index in [2.05, 4.69) is 13.8 Å². The zero-order chi connectivity index (χ0) is 14.4. The quantitative estimate of drug-likeness (QED) is 0.727. The minimum Gasteiger partial charge on any atom is -0.458 e. The van der Waals surface area contributed by atoms with Gasteiger partial charge in [0, 0.05) is 10.4 Å². The number of hydrogen-bond acceptors (Lipinski definition) is 2. The van der Waals surface area contributed by atoms with Crippen molar-refractivity contribution in [3.8, 4) is 0 Å². The summed E-state index contributed by atoms with van der Waals surface area (Å²) in [5.41, 5.74) is 0.264. The van der Waals surface area contributed by atoms with Gasteiger partial charge in [-0.3, -0.25) is 0 Å². The van der Waals surface area contributed by atoms with Gasteiger partial charge in [0.1, 0.15) is 16.9 Å². The molecule has 1 unspecified atom stereocenters. The molecule has 3 heteroatoms. The zero-order valence-corrected chi connectivity index (χ0v) is 12.8. The van der Waals surface area contributed by atoms with E-state index in [0.717, 1.165) is 43.1 Å². The maximum Gasteiger partial charge on any atom is 0.136 e. The van der Waals surface area contributed by atoms with Gasteiger partial charge in [0.15, 0.2) is 0 Å². The second-order valence-electron chi connectivity index (χ2n) is 6.84. The lowest BCUT2D eigenvalue weighted by Gasteiger charge is -2.25. The SMILES string of the molecule is CC1(C)CCCC(O)(c2cc3cc(Cl)ccc3o2)CC1. The number of benzene rings is 1. The molecule has 108 valence electrons. The molecule has 0 radical (unpaired) electrons. The van der Waals surface area contributed by atoms with E-state index in [-0.39, 0.29) is 0 Å². The summed E-state index contributed by atoms with van der Waals surface area (Å²) in [6.45, 7) is 4.55. The van der Waals surface area contributed by atoms with Gasteiger partial charge in [0.2, 0.25) is 0 Å². The molecule has 2 nitrogen and oxygen atoms in total. The molecule has 0 aliphatic heterocycles. The van der Waals surface area contributed by atoms with Crippen LogP contribution in [0.4, 0.5) is 0 Å². The first-order valence-corrected chi connectivity index (χ1v) is 7.68. The molecule has 1 atom stereocenters. The Bertz CT molecular complexity index is 629. The van der Waals surface area contributed by atoms with Crippen molar-refractivity contribution in [1.29, 1.82) is 0 Å². The largest absolute Gasteiger partial charge is 0.458 e. The van der Waals surface area contributed by atoms with E-state index in [1.54, 1.807) is 0 Å². The third-order valence-electron chi connectivity index (χ3n) is 4.60. The van der Waals surface area contributed by atoms with Crippen molar-refractivity contribution in [3.05, 3.63) is 35.0 Å². The predicted molar refractivity (Wildman–Crippen MR) is 82.0 cm³/mol. The summed E-state index contributed by atoms with van der Waals surface area (Å²) >= 11 is 6.01. The molecule has 20 heavy (non-hydrogen) atoms. The van der Waals surface area contributed by atoms with Gasteiger partial charge >= 0.3 is 0 Å². The summed E-state index contributed by atoms with van der Waals surface area (Å²) in [7, 11) is 0. The van der Waals surface area contributed by atoms with E-state index in [4.69, 9.17) is 16.0 Å². The van der Waals surface area contributed by atoms with Crippen LogP contribution < -0.4 is 0 Å². The molecule has 1 N–H and O–H groups in total. The van der Waals surface area contributed by atoms with E-state index in [1.807, 2.05) is 24.3 Å². The van der Waals surface area contributed by atoms with Crippen LogP contribution >= 0.6 is 11.6 Å². The highest BCUT2D eigenvalue weighted by Crippen LogP contribution is 2.44. The van der Waals surface area contributed by atoms with Gasteiger partial charge in [-0.05, 0) is 61.8 Å². The third-order valence-corrected chi connectivity index (χ3v) is 4.83. The maximum atomic E-state index is 11.0. The molecule has 1 heterocycles. The first-order chi connectivity index (χ1) is 9.38. The Kier molecular flexibility index (Phi) is 3.34. The van der Waals surface area contributed by atoms with E-state index < -0.39 is 5.60 Å². The average Bonchev–Trinajstić information content (AvgIpc) is 2.74. The third kappa shape index (κ3) is 2.59. The number of hydrogen-bond donors (Lipinski definition) is 1. The van der Waals surface area contributed by atoms with Crippen LogP contribution in [0.25, 0.3) is 11.0 Å². The van der Waals surface area contributed by atoms with Crippen LogP contribution in [0.3, 0.4) is 0 Å². The first-order valence-electron chi connectivity index (χ1n) is 7.30. The minimum absolute atomic E-state index is 0.305. The zero-order valence-electron chi connectivity index (χ0n) is 12.1. The monoisotopic (exact) mass is 292 g/mol. The summed E-state index contributed by atoms with van der Waals surface area (Å²) in [5.74, 6) is 0.687. The molecule has 3 rings (SSSR count). The Hall–Kier alpha value is -0.990.